The maximum atomic E-state index is 13.3. The average molecular weight is 577 g/mol. The number of carbonyl (C=O) groups excluding carboxylic acids is 1. The summed E-state index contributed by atoms with van der Waals surface area (Å²) in [6.07, 6.45) is 3.49. The number of nitrogens with zero attached hydrogens (tertiary/aromatic N) is 6. The molecule has 0 radical (unpaired) electrons. The van der Waals surface area contributed by atoms with E-state index in [1.54, 1.807) is 15.9 Å². The molecule has 1 saturated heterocycles. The van der Waals surface area contributed by atoms with Crippen LogP contribution in [0, 0.1) is 10.8 Å². The molecule has 2 aliphatic rings. The Kier molecular flexibility index (Phi) is 8.71. The zero-order valence-electron chi connectivity index (χ0n) is 21.1. The van der Waals surface area contributed by atoms with E-state index in [0.717, 1.165) is 18.7 Å². The van der Waals surface area contributed by atoms with Gasteiger partial charge in [-0.05, 0) is 25.8 Å². The molecule has 1 amide bonds. The fraction of sp³-hybridized carbons (Fsp3) is 0.500. The Morgan fingerprint density at radius 2 is 2.15 bits per heavy atom. The number of rotatable bonds is 14. The van der Waals surface area contributed by atoms with Crippen LogP contribution in [0.25, 0.3) is 0 Å². The third-order valence-corrected chi connectivity index (χ3v) is 7.78. The van der Waals surface area contributed by atoms with Gasteiger partial charge in [0.1, 0.15) is 11.4 Å². The zero-order valence-corrected chi connectivity index (χ0v) is 22.8. The molecule has 1 aliphatic heterocycles. The summed E-state index contributed by atoms with van der Waals surface area (Å²) in [5.41, 5.74) is 11.8. The molecular formula is C22H32N12O3S2. The predicted molar refractivity (Wildman–Crippen MR) is 149 cm³/mol. The Hall–Kier alpha value is -3.70. The summed E-state index contributed by atoms with van der Waals surface area (Å²) in [5.74, 6) is -1.48. The first kappa shape index (κ1) is 28.3. The molecule has 1 aliphatic carbocycles. The lowest BCUT2D eigenvalue weighted by Gasteiger charge is -2.47. The number of nitrogens with two attached hydrogens (primary N) is 2. The average Bonchev–Trinajstić information content (AvgIpc) is 3.37. The molecule has 1 saturated carbocycles. The van der Waals surface area contributed by atoms with Gasteiger partial charge in [0.25, 0.3) is 5.91 Å². The minimum absolute atomic E-state index is 0.0164. The Morgan fingerprint density at radius 3 is 2.79 bits per heavy atom. The Bertz CT molecular complexity index is 1270. The van der Waals surface area contributed by atoms with E-state index in [1.807, 2.05) is 0 Å². The molecule has 3 heterocycles. The van der Waals surface area contributed by atoms with Gasteiger partial charge in [-0.2, -0.15) is 15.0 Å². The zero-order chi connectivity index (χ0) is 28.2. The molecule has 2 fully saturated rings. The van der Waals surface area contributed by atoms with Crippen LogP contribution in [0.2, 0.25) is 0 Å². The van der Waals surface area contributed by atoms with Crippen LogP contribution in [0.1, 0.15) is 30.7 Å². The Balaban J connectivity index is 1.36. The molecule has 210 valence electrons. The highest BCUT2D eigenvalue weighted by atomic mass is 32.1. The van der Waals surface area contributed by atoms with Gasteiger partial charge in [0.15, 0.2) is 11.1 Å². The highest BCUT2D eigenvalue weighted by molar-refractivity contribution is 7.78. The van der Waals surface area contributed by atoms with Crippen molar-refractivity contribution in [3.63, 3.8) is 0 Å². The van der Waals surface area contributed by atoms with Gasteiger partial charge in [0.2, 0.25) is 0 Å². The number of guanidine groups is 1. The summed E-state index contributed by atoms with van der Waals surface area (Å²) < 4.78 is 1.65. The van der Waals surface area contributed by atoms with Crippen molar-refractivity contribution in [3.05, 3.63) is 35.2 Å². The first-order valence-corrected chi connectivity index (χ1v) is 13.5. The van der Waals surface area contributed by atoms with Crippen molar-refractivity contribution in [3.8, 4) is 0 Å². The number of anilines is 1. The normalized spacial score (nSPS) is 19.9. The van der Waals surface area contributed by atoms with E-state index in [0.29, 0.717) is 43.9 Å². The summed E-state index contributed by atoms with van der Waals surface area (Å²) in [7, 11) is 0. The molecular weight excluding hydrogens is 544 g/mol. The van der Waals surface area contributed by atoms with Crippen LogP contribution in [0.3, 0.4) is 0 Å². The number of carboxylic acids is 1. The standard InChI is InChI=1S/C22H32N12O3S2/c1-12-16(15(34(12)38)9-33-29-8-13(32-33)7-26-5-2-6-27-20(23)24)31-18(35)17(14-10-39-21(25)30-14)28-11-22(3-4-22)19(36)37/h8,10,15-16,26,38H,1-7,9,11H2,(H2,25,30)(H,31,35)(H,36,37)(H4,23,24,27)/b28-17-. The van der Waals surface area contributed by atoms with Crippen LogP contribution in [0.4, 0.5) is 5.13 Å². The van der Waals surface area contributed by atoms with Gasteiger partial charge in [-0.25, -0.2) is 4.98 Å². The van der Waals surface area contributed by atoms with Crippen LogP contribution < -0.4 is 27.4 Å². The van der Waals surface area contributed by atoms with Gasteiger partial charge in [-0.3, -0.25) is 20.0 Å². The Morgan fingerprint density at radius 1 is 1.38 bits per heavy atom. The van der Waals surface area contributed by atoms with E-state index in [9.17, 15) is 14.7 Å². The number of nitrogen functional groups attached to an aromatic ring is 1. The number of carbonyl (C=O) groups is 2. The van der Waals surface area contributed by atoms with Crippen molar-refractivity contribution in [2.24, 2.45) is 16.1 Å². The maximum absolute atomic E-state index is 13.3. The topological polar surface area (TPSA) is 226 Å². The highest BCUT2D eigenvalue weighted by Crippen LogP contribution is 2.46. The lowest BCUT2D eigenvalue weighted by atomic mass is 9.95. The molecule has 9 N–H and O–H groups in total. The molecule has 39 heavy (non-hydrogen) atoms. The lowest BCUT2D eigenvalue weighted by molar-refractivity contribution is -0.142. The number of hydrogen-bond acceptors (Lipinski definition) is 12. The molecule has 0 spiro atoms. The molecule has 0 bridgehead atoms. The van der Waals surface area contributed by atoms with Crippen molar-refractivity contribution in [1.82, 2.24) is 40.2 Å². The number of aliphatic carboxylic acids is 1. The van der Waals surface area contributed by atoms with Gasteiger partial charge in [-0.15, -0.1) is 11.3 Å². The van der Waals surface area contributed by atoms with Crippen molar-refractivity contribution >= 4 is 52.8 Å². The van der Waals surface area contributed by atoms with Crippen LogP contribution in [0.15, 0.2) is 28.8 Å². The second-order valence-corrected chi connectivity index (χ2v) is 10.8. The number of carboxylic acid groups (broad SMARTS) is 1. The number of hydrogen-bond donors (Lipinski definition) is 8. The quantitative estimate of drug-likeness (QED) is 0.0599. The lowest BCUT2D eigenvalue weighted by Crippen LogP contribution is -2.63. The van der Waals surface area contributed by atoms with Crippen molar-refractivity contribution < 1.29 is 14.7 Å². The van der Waals surface area contributed by atoms with Crippen molar-refractivity contribution in [2.45, 2.75) is 44.4 Å². The van der Waals surface area contributed by atoms with Crippen molar-refractivity contribution in [1.29, 1.82) is 5.41 Å². The van der Waals surface area contributed by atoms with E-state index in [2.05, 4.69) is 55.5 Å². The van der Waals surface area contributed by atoms with Crippen LogP contribution >= 0.6 is 24.2 Å². The minimum Gasteiger partial charge on any atom is -0.481 e. The summed E-state index contributed by atoms with van der Waals surface area (Å²) in [4.78, 5) is 35.0. The third kappa shape index (κ3) is 6.85. The molecule has 0 aromatic carbocycles. The number of amides is 1. The molecule has 17 heteroatoms. The van der Waals surface area contributed by atoms with E-state index >= 15 is 0 Å². The SMILES string of the molecule is C=C1C(NC(=O)/C(=N\CC2(C(=O)O)CC2)c2csc(N)n2)C(Cn2ncc(CNCCCNC(=N)N)n2)N1S. The highest BCUT2D eigenvalue weighted by Gasteiger charge is 2.50. The summed E-state index contributed by atoms with van der Waals surface area (Å²) in [5, 5.41) is 36.3. The summed E-state index contributed by atoms with van der Waals surface area (Å²) in [6, 6.07) is -0.752. The molecule has 15 nitrogen and oxygen atoms in total. The first-order chi connectivity index (χ1) is 18.6. The number of aromatic nitrogens is 4. The molecule has 2 aromatic rings. The number of aliphatic imine (C=N–C) groups is 1. The first-order valence-electron chi connectivity index (χ1n) is 12.2. The molecule has 2 aromatic heterocycles. The molecule has 2 atom stereocenters. The summed E-state index contributed by atoms with van der Waals surface area (Å²) >= 11 is 5.65. The van der Waals surface area contributed by atoms with Gasteiger partial charge in [0.05, 0.1) is 42.5 Å². The Labute approximate surface area is 234 Å². The van der Waals surface area contributed by atoms with E-state index in [4.69, 9.17) is 16.9 Å². The third-order valence-electron chi connectivity index (χ3n) is 6.55. The fourth-order valence-corrected chi connectivity index (χ4v) is 4.90. The molecule has 4 rings (SSSR count). The van der Waals surface area contributed by atoms with Crippen LogP contribution in [-0.2, 0) is 22.7 Å². The second kappa shape index (κ2) is 12.0. The summed E-state index contributed by atoms with van der Waals surface area (Å²) in [6.45, 7) is 6.17. The second-order valence-electron chi connectivity index (χ2n) is 9.44. The van der Waals surface area contributed by atoms with E-state index in [-0.39, 0.29) is 29.4 Å². The van der Waals surface area contributed by atoms with Gasteiger partial charge in [-0.1, -0.05) is 19.4 Å². The van der Waals surface area contributed by atoms with Gasteiger partial charge >= 0.3 is 5.97 Å². The predicted octanol–water partition coefficient (Wildman–Crippen LogP) is -0.839. The number of nitrogens with one attached hydrogen (secondary N) is 4. The number of thiol groups is 1. The minimum atomic E-state index is -0.929. The van der Waals surface area contributed by atoms with Crippen molar-refractivity contribution in [2.75, 3.05) is 25.4 Å². The number of thiazole rings is 1. The van der Waals surface area contributed by atoms with Crippen LogP contribution in [0.5, 0.6) is 0 Å². The van der Waals surface area contributed by atoms with Crippen LogP contribution in [-0.4, -0.2) is 84.7 Å². The largest absolute Gasteiger partial charge is 0.481 e. The van der Waals surface area contributed by atoms with E-state index in [1.165, 1.54) is 16.1 Å². The monoisotopic (exact) mass is 576 g/mol. The van der Waals surface area contributed by atoms with E-state index < -0.39 is 23.3 Å². The fourth-order valence-electron chi connectivity index (χ4n) is 4.02. The van der Waals surface area contributed by atoms with Gasteiger partial charge in [0, 0.05) is 24.2 Å². The smallest absolute Gasteiger partial charge is 0.311 e. The van der Waals surface area contributed by atoms with Gasteiger partial charge < -0.3 is 36.8 Å². The molecule has 2 unspecified atom stereocenters. The maximum Gasteiger partial charge on any atom is 0.311 e.